The first kappa shape index (κ1) is 13.5. The summed E-state index contributed by atoms with van der Waals surface area (Å²) >= 11 is 0. The minimum Gasteiger partial charge on any atom is -0.495 e. The monoisotopic (exact) mass is 322 g/mol. The number of methoxy groups -OCH3 is 1. The Morgan fingerprint density at radius 2 is 2.29 bits per heavy atom. The molecule has 3 heterocycles. The van der Waals surface area contributed by atoms with Crippen LogP contribution >= 0.6 is 0 Å². The molecule has 5 atom stereocenters. The molecule has 4 bridgehead atoms. The predicted octanol–water partition coefficient (Wildman–Crippen LogP) is 2.35. The molecule has 6 rings (SSSR count). The second-order valence-electron chi connectivity index (χ2n) is 8.24. The van der Waals surface area contributed by atoms with Crippen LogP contribution in [0.25, 0.3) is 0 Å². The van der Waals surface area contributed by atoms with E-state index in [-0.39, 0.29) is 16.7 Å². The van der Waals surface area contributed by atoms with Gasteiger partial charge in [-0.1, -0.05) is 24.3 Å². The van der Waals surface area contributed by atoms with Crippen molar-refractivity contribution in [1.82, 2.24) is 4.90 Å². The van der Waals surface area contributed by atoms with Gasteiger partial charge < -0.3 is 10.1 Å². The topological polar surface area (TPSA) is 41.6 Å². The highest BCUT2D eigenvalue weighted by molar-refractivity contribution is 5.90. The molecule has 1 aromatic rings. The summed E-state index contributed by atoms with van der Waals surface area (Å²) in [6.45, 7) is 1.91. The zero-order valence-corrected chi connectivity index (χ0v) is 13.9. The van der Waals surface area contributed by atoms with E-state index in [2.05, 4.69) is 34.5 Å². The number of benzene rings is 1. The van der Waals surface area contributed by atoms with E-state index in [1.165, 1.54) is 5.56 Å². The number of rotatable bonds is 1. The maximum absolute atomic E-state index is 13.2. The number of nitrogens with one attached hydrogen (secondary N) is 1. The number of fused-ring (bicyclic) bond motifs is 1. The van der Waals surface area contributed by atoms with E-state index in [1.807, 2.05) is 6.07 Å². The first-order chi connectivity index (χ1) is 11.7. The number of hydrogen-bond donors (Lipinski definition) is 1. The van der Waals surface area contributed by atoms with Crippen LogP contribution in [0.15, 0.2) is 30.4 Å². The number of Topliss-reactive ketones (excluding diaryl/α,β-unsaturated/α-hetero) is 1. The standard InChI is InChI=1S/C20H22N2O2/c1-24-15-5-2-4-12-17(15)21-16-6-8-19-7-3-9-22-11-13(14(23)10-19)20(12,16)18(19)22/h2-5,7,13,16,18,21H,6,8-11H2,1H3/t13?,16-,18-,19-,20+/m1/s1. The van der Waals surface area contributed by atoms with Crippen molar-refractivity contribution in [3.8, 4) is 5.75 Å². The highest BCUT2D eigenvalue weighted by atomic mass is 16.5. The van der Waals surface area contributed by atoms with Crippen LogP contribution in [-0.4, -0.2) is 43.0 Å². The molecule has 0 radical (unpaired) electrons. The van der Waals surface area contributed by atoms with Gasteiger partial charge in [-0.3, -0.25) is 9.69 Å². The number of ether oxygens (including phenoxy) is 1. The van der Waals surface area contributed by atoms with Crippen molar-refractivity contribution in [3.05, 3.63) is 35.9 Å². The zero-order chi connectivity index (χ0) is 16.1. The molecule has 1 saturated heterocycles. The maximum atomic E-state index is 13.2. The van der Waals surface area contributed by atoms with Gasteiger partial charge in [0, 0.05) is 48.3 Å². The molecule has 24 heavy (non-hydrogen) atoms. The lowest BCUT2D eigenvalue weighted by molar-refractivity contribution is -0.133. The van der Waals surface area contributed by atoms with E-state index in [9.17, 15) is 4.79 Å². The number of nitrogens with zero attached hydrogens (tertiary/aromatic N) is 1. The normalized spacial score (nSPS) is 44.0. The molecule has 1 aromatic carbocycles. The maximum Gasteiger partial charge on any atom is 0.142 e. The number of para-hydroxylation sites is 1. The van der Waals surface area contributed by atoms with Gasteiger partial charge in [-0.2, -0.15) is 0 Å². The molecule has 4 nitrogen and oxygen atoms in total. The molecule has 5 aliphatic rings. The van der Waals surface area contributed by atoms with Crippen LogP contribution in [0.4, 0.5) is 5.69 Å². The van der Waals surface area contributed by atoms with Crippen LogP contribution in [-0.2, 0) is 10.2 Å². The summed E-state index contributed by atoms with van der Waals surface area (Å²) in [5.41, 5.74) is 2.45. The molecule has 4 heteroatoms. The van der Waals surface area contributed by atoms with E-state index in [4.69, 9.17) is 4.74 Å². The van der Waals surface area contributed by atoms with Gasteiger partial charge in [-0.15, -0.1) is 0 Å². The molecular formula is C20H22N2O2. The second kappa shape index (κ2) is 4.05. The van der Waals surface area contributed by atoms with Crippen LogP contribution in [0, 0.1) is 11.3 Å². The van der Waals surface area contributed by atoms with E-state index < -0.39 is 0 Å². The van der Waals surface area contributed by atoms with Crippen molar-refractivity contribution in [2.75, 3.05) is 25.5 Å². The predicted molar refractivity (Wildman–Crippen MR) is 91.4 cm³/mol. The summed E-state index contributed by atoms with van der Waals surface area (Å²) in [5.74, 6) is 1.52. The minimum absolute atomic E-state index is 0.0468. The van der Waals surface area contributed by atoms with E-state index in [0.717, 1.165) is 43.8 Å². The average Bonchev–Trinajstić information content (AvgIpc) is 3.10. The molecule has 0 aromatic heterocycles. The second-order valence-corrected chi connectivity index (χ2v) is 8.24. The molecule has 2 aliphatic carbocycles. The third-order valence-corrected chi connectivity index (χ3v) is 7.54. The quantitative estimate of drug-likeness (QED) is 0.806. The summed E-state index contributed by atoms with van der Waals surface area (Å²) < 4.78 is 5.63. The van der Waals surface area contributed by atoms with Crippen molar-refractivity contribution in [2.24, 2.45) is 11.3 Å². The Morgan fingerprint density at radius 3 is 3.17 bits per heavy atom. The fourth-order valence-electron chi connectivity index (χ4n) is 6.98. The smallest absolute Gasteiger partial charge is 0.142 e. The van der Waals surface area contributed by atoms with Gasteiger partial charge in [0.25, 0.3) is 0 Å². The molecule has 1 unspecified atom stereocenters. The van der Waals surface area contributed by atoms with Gasteiger partial charge in [0.15, 0.2) is 0 Å². The lowest BCUT2D eigenvalue weighted by atomic mass is 9.46. The fraction of sp³-hybridized carbons (Fsp3) is 0.550. The van der Waals surface area contributed by atoms with Gasteiger partial charge in [0.1, 0.15) is 11.5 Å². The Morgan fingerprint density at radius 1 is 1.38 bits per heavy atom. The van der Waals surface area contributed by atoms with E-state index >= 15 is 0 Å². The summed E-state index contributed by atoms with van der Waals surface area (Å²) in [4.78, 5) is 15.8. The largest absolute Gasteiger partial charge is 0.495 e. The first-order valence-corrected chi connectivity index (χ1v) is 9.09. The van der Waals surface area contributed by atoms with E-state index in [1.54, 1.807) is 7.11 Å². The molecule has 1 N–H and O–H groups in total. The lowest BCUT2D eigenvalue weighted by Crippen LogP contribution is -2.67. The molecule has 124 valence electrons. The van der Waals surface area contributed by atoms with Crippen molar-refractivity contribution >= 4 is 11.5 Å². The van der Waals surface area contributed by atoms with Crippen LogP contribution < -0.4 is 10.1 Å². The van der Waals surface area contributed by atoms with Crippen molar-refractivity contribution in [2.45, 2.75) is 36.8 Å². The highest BCUT2D eigenvalue weighted by Crippen LogP contribution is 2.68. The van der Waals surface area contributed by atoms with Crippen LogP contribution in [0.5, 0.6) is 5.75 Å². The van der Waals surface area contributed by atoms with Gasteiger partial charge in [-0.25, -0.2) is 0 Å². The van der Waals surface area contributed by atoms with Crippen molar-refractivity contribution in [3.63, 3.8) is 0 Å². The zero-order valence-electron chi connectivity index (χ0n) is 13.9. The Balaban J connectivity index is 1.68. The Labute approximate surface area is 141 Å². The van der Waals surface area contributed by atoms with Gasteiger partial charge in [0.05, 0.1) is 12.8 Å². The molecular weight excluding hydrogens is 300 g/mol. The van der Waals surface area contributed by atoms with Gasteiger partial charge in [-0.05, 0) is 24.5 Å². The first-order valence-electron chi connectivity index (χ1n) is 9.09. The summed E-state index contributed by atoms with van der Waals surface area (Å²) in [6.07, 6.45) is 7.68. The highest BCUT2D eigenvalue weighted by Gasteiger charge is 2.74. The summed E-state index contributed by atoms with van der Waals surface area (Å²) in [5, 5.41) is 3.78. The SMILES string of the molecule is COc1cccc2c1N[C@@H]1CC[C@]34C=CCN5CC(C(=O)C3)[C@@]21[C@H]54. The number of carbonyl (C=O) groups excluding carboxylic acids is 1. The van der Waals surface area contributed by atoms with Crippen LogP contribution in [0.2, 0.25) is 0 Å². The van der Waals surface area contributed by atoms with E-state index in [0.29, 0.717) is 17.9 Å². The number of ketones is 1. The number of anilines is 1. The molecule has 3 fully saturated rings. The summed E-state index contributed by atoms with van der Waals surface area (Å²) in [6, 6.07) is 7.18. The third-order valence-electron chi connectivity index (χ3n) is 7.54. The Hall–Kier alpha value is -1.81. The molecule has 1 spiro atoms. The third kappa shape index (κ3) is 1.22. The van der Waals surface area contributed by atoms with Crippen molar-refractivity contribution in [1.29, 1.82) is 0 Å². The van der Waals surface area contributed by atoms with Gasteiger partial charge >= 0.3 is 0 Å². The average molecular weight is 322 g/mol. The summed E-state index contributed by atoms with van der Waals surface area (Å²) in [7, 11) is 1.74. The Kier molecular flexibility index (Phi) is 2.27. The molecule has 3 aliphatic heterocycles. The molecule has 2 saturated carbocycles. The molecule has 0 amide bonds. The minimum atomic E-state index is -0.0672. The number of carbonyl (C=O) groups is 1. The van der Waals surface area contributed by atoms with Crippen molar-refractivity contribution < 1.29 is 9.53 Å². The number of hydrogen-bond acceptors (Lipinski definition) is 4. The van der Waals surface area contributed by atoms with Crippen LogP contribution in [0.3, 0.4) is 0 Å². The van der Waals surface area contributed by atoms with Gasteiger partial charge in [0.2, 0.25) is 0 Å². The fourth-order valence-corrected chi connectivity index (χ4v) is 6.98. The Bertz CT molecular complexity index is 803. The lowest BCUT2D eigenvalue weighted by Gasteiger charge is -2.59. The van der Waals surface area contributed by atoms with Crippen LogP contribution in [0.1, 0.15) is 24.8 Å².